The van der Waals surface area contributed by atoms with E-state index in [2.05, 4.69) is 6.92 Å². The predicted octanol–water partition coefficient (Wildman–Crippen LogP) is 2.70. The maximum atomic E-state index is 11.8. The second-order valence-corrected chi connectivity index (χ2v) is 4.83. The van der Waals surface area contributed by atoms with Gasteiger partial charge < -0.3 is 9.47 Å². The zero-order valence-electron chi connectivity index (χ0n) is 11.4. The first-order valence-electron chi connectivity index (χ1n) is 7.02. The topological polar surface area (TPSA) is 52.6 Å². The standard InChI is InChI=1S/C14H24O4/c1-3-5-9-18-14(16)12-8-6-7-11(10-12)13(15)17-4-2/h11-12H,3-10H2,1-2H3. The van der Waals surface area contributed by atoms with Crippen LogP contribution in [-0.2, 0) is 19.1 Å². The predicted molar refractivity (Wildman–Crippen MR) is 67.9 cm³/mol. The number of rotatable bonds is 6. The molecule has 0 heterocycles. The largest absolute Gasteiger partial charge is 0.466 e. The Hall–Kier alpha value is -1.06. The average molecular weight is 256 g/mol. The monoisotopic (exact) mass is 256 g/mol. The Labute approximate surface area is 109 Å². The number of unbranched alkanes of at least 4 members (excludes halogenated alkanes) is 1. The molecule has 1 rings (SSSR count). The van der Waals surface area contributed by atoms with Crippen LogP contribution in [0.2, 0.25) is 0 Å². The third kappa shape index (κ3) is 4.67. The highest BCUT2D eigenvalue weighted by Gasteiger charge is 2.32. The maximum absolute atomic E-state index is 11.8. The third-order valence-electron chi connectivity index (χ3n) is 3.37. The molecule has 0 aromatic heterocycles. The van der Waals surface area contributed by atoms with Crippen molar-refractivity contribution in [3.8, 4) is 0 Å². The van der Waals surface area contributed by atoms with Crippen molar-refractivity contribution in [2.24, 2.45) is 11.8 Å². The number of carbonyl (C=O) groups is 2. The zero-order valence-corrected chi connectivity index (χ0v) is 11.4. The maximum Gasteiger partial charge on any atom is 0.308 e. The van der Waals surface area contributed by atoms with Gasteiger partial charge in [0.1, 0.15) is 0 Å². The zero-order chi connectivity index (χ0) is 13.4. The van der Waals surface area contributed by atoms with Gasteiger partial charge in [0.15, 0.2) is 0 Å². The van der Waals surface area contributed by atoms with E-state index < -0.39 is 0 Å². The van der Waals surface area contributed by atoms with E-state index in [0.717, 1.165) is 32.1 Å². The van der Waals surface area contributed by atoms with Crippen molar-refractivity contribution in [2.45, 2.75) is 52.4 Å². The number of carbonyl (C=O) groups excluding carboxylic acids is 2. The van der Waals surface area contributed by atoms with Crippen molar-refractivity contribution in [1.29, 1.82) is 0 Å². The van der Waals surface area contributed by atoms with Gasteiger partial charge in [-0.15, -0.1) is 0 Å². The number of hydrogen-bond donors (Lipinski definition) is 0. The molecule has 0 N–H and O–H groups in total. The lowest BCUT2D eigenvalue weighted by Crippen LogP contribution is -2.29. The summed E-state index contributed by atoms with van der Waals surface area (Å²) in [6, 6.07) is 0. The van der Waals surface area contributed by atoms with Gasteiger partial charge in [0.05, 0.1) is 25.0 Å². The molecule has 0 saturated heterocycles. The van der Waals surface area contributed by atoms with Crippen molar-refractivity contribution in [3.63, 3.8) is 0 Å². The average Bonchev–Trinajstić information content (AvgIpc) is 2.39. The summed E-state index contributed by atoms with van der Waals surface area (Å²) in [5.41, 5.74) is 0. The van der Waals surface area contributed by atoms with E-state index in [-0.39, 0.29) is 23.8 Å². The fraction of sp³-hybridized carbons (Fsp3) is 0.857. The molecule has 0 amide bonds. The Morgan fingerprint density at radius 3 is 2.22 bits per heavy atom. The van der Waals surface area contributed by atoms with Gasteiger partial charge in [-0.1, -0.05) is 19.8 Å². The van der Waals surface area contributed by atoms with Crippen molar-refractivity contribution >= 4 is 11.9 Å². The number of hydrogen-bond acceptors (Lipinski definition) is 4. The van der Waals surface area contributed by atoms with Gasteiger partial charge in [-0.3, -0.25) is 9.59 Å². The van der Waals surface area contributed by atoms with Gasteiger partial charge in [-0.2, -0.15) is 0 Å². The van der Waals surface area contributed by atoms with E-state index in [0.29, 0.717) is 19.6 Å². The molecule has 1 aliphatic rings. The molecule has 0 radical (unpaired) electrons. The summed E-state index contributed by atoms with van der Waals surface area (Å²) in [6.07, 6.45) is 5.07. The Morgan fingerprint density at radius 1 is 1.06 bits per heavy atom. The highest BCUT2D eigenvalue weighted by atomic mass is 16.5. The Morgan fingerprint density at radius 2 is 1.67 bits per heavy atom. The van der Waals surface area contributed by atoms with E-state index in [4.69, 9.17) is 9.47 Å². The summed E-state index contributed by atoms with van der Waals surface area (Å²) < 4.78 is 10.2. The molecule has 0 spiro atoms. The Kier molecular flexibility index (Phi) is 6.76. The lowest BCUT2D eigenvalue weighted by molar-refractivity contribution is -0.154. The van der Waals surface area contributed by atoms with Crippen molar-refractivity contribution in [1.82, 2.24) is 0 Å². The lowest BCUT2D eigenvalue weighted by Gasteiger charge is -2.26. The summed E-state index contributed by atoms with van der Waals surface area (Å²) in [5, 5.41) is 0. The van der Waals surface area contributed by atoms with E-state index in [1.807, 2.05) is 0 Å². The summed E-state index contributed by atoms with van der Waals surface area (Å²) in [5.74, 6) is -0.548. The van der Waals surface area contributed by atoms with Crippen LogP contribution in [0.5, 0.6) is 0 Å². The number of esters is 2. The molecule has 0 aromatic rings. The highest BCUT2D eigenvalue weighted by Crippen LogP contribution is 2.30. The van der Waals surface area contributed by atoms with Gasteiger partial charge in [-0.25, -0.2) is 0 Å². The van der Waals surface area contributed by atoms with E-state index in [1.54, 1.807) is 6.92 Å². The highest BCUT2D eigenvalue weighted by molar-refractivity contribution is 5.76. The summed E-state index contributed by atoms with van der Waals surface area (Å²) >= 11 is 0. The minimum atomic E-state index is -0.163. The van der Waals surface area contributed by atoms with Crippen LogP contribution < -0.4 is 0 Å². The Balaban J connectivity index is 2.38. The van der Waals surface area contributed by atoms with E-state index in [1.165, 1.54) is 0 Å². The van der Waals surface area contributed by atoms with Gasteiger partial charge in [0, 0.05) is 0 Å². The molecule has 4 heteroatoms. The second kappa shape index (κ2) is 8.11. The van der Waals surface area contributed by atoms with Crippen LogP contribution >= 0.6 is 0 Å². The molecule has 2 unspecified atom stereocenters. The van der Waals surface area contributed by atoms with Crippen LogP contribution in [0.4, 0.5) is 0 Å². The van der Waals surface area contributed by atoms with E-state index in [9.17, 15) is 9.59 Å². The lowest BCUT2D eigenvalue weighted by atomic mass is 9.81. The fourth-order valence-corrected chi connectivity index (χ4v) is 2.31. The van der Waals surface area contributed by atoms with Gasteiger partial charge in [0.25, 0.3) is 0 Å². The van der Waals surface area contributed by atoms with Crippen LogP contribution in [-0.4, -0.2) is 25.2 Å². The third-order valence-corrected chi connectivity index (χ3v) is 3.37. The van der Waals surface area contributed by atoms with Crippen LogP contribution in [0, 0.1) is 11.8 Å². The molecule has 1 fully saturated rings. The number of ether oxygens (including phenoxy) is 2. The molecular weight excluding hydrogens is 232 g/mol. The van der Waals surface area contributed by atoms with Crippen LogP contribution in [0.15, 0.2) is 0 Å². The quantitative estimate of drug-likeness (QED) is 0.541. The van der Waals surface area contributed by atoms with Crippen molar-refractivity contribution < 1.29 is 19.1 Å². The van der Waals surface area contributed by atoms with Gasteiger partial charge in [0.2, 0.25) is 0 Å². The minimum absolute atomic E-state index is 0.120. The normalized spacial score (nSPS) is 23.4. The van der Waals surface area contributed by atoms with Gasteiger partial charge in [-0.05, 0) is 32.6 Å². The molecule has 1 saturated carbocycles. The van der Waals surface area contributed by atoms with Crippen LogP contribution in [0.1, 0.15) is 52.4 Å². The summed E-state index contributed by atoms with van der Waals surface area (Å²) in [6.45, 7) is 4.76. The molecular formula is C14H24O4. The second-order valence-electron chi connectivity index (χ2n) is 4.83. The van der Waals surface area contributed by atoms with E-state index >= 15 is 0 Å². The smallest absolute Gasteiger partial charge is 0.308 e. The molecule has 104 valence electrons. The molecule has 2 atom stereocenters. The molecule has 0 aliphatic heterocycles. The molecule has 4 nitrogen and oxygen atoms in total. The first kappa shape index (κ1) is 15.0. The van der Waals surface area contributed by atoms with Gasteiger partial charge >= 0.3 is 11.9 Å². The minimum Gasteiger partial charge on any atom is -0.466 e. The van der Waals surface area contributed by atoms with Crippen molar-refractivity contribution in [3.05, 3.63) is 0 Å². The summed E-state index contributed by atoms with van der Waals surface area (Å²) in [7, 11) is 0. The first-order valence-corrected chi connectivity index (χ1v) is 7.02. The van der Waals surface area contributed by atoms with Crippen LogP contribution in [0.3, 0.4) is 0 Å². The molecule has 18 heavy (non-hydrogen) atoms. The van der Waals surface area contributed by atoms with Crippen LogP contribution in [0.25, 0.3) is 0 Å². The first-order chi connectivity index (χ1) is 8.69. The van der Waals surface area contributed by atoms with Crippen molar-refractivity contribution in [2.75, 3.05) is 13.2 Å². The Bertz CT molecular complexity index is 275. The summed E-state index contributed by atoms with van der Waals surface area (Å²) in [4.78, 5) is 23.5. The molecule has 1 aliphatic carbocycles. The molecule has 0 bridgehead atoms. The fourth-order valence-electron chi connectivity index (χ4n) is 2.31. The SMILES string of the molecule is CCCCOC(=O)C1CCCC(C(=O)OCC)C1. The molecule has 0 aromatic carbocycles.